The van der Waals surface area contributed by atoms with Gasteiger partial charge < -0.3 is 14.8 Å². The molecule has 1 aromatic heterocycles. The molecule has 7 nitrogen and oxygen atoms in total. The van der Waals surface area contributed by atoms with E-state index in [4.69, 9.17) is 9.47 Å². The fourth-order valence-electron chi connectivity index (χ4n) is 3.95. The molecule has 2 atom stereocenters. The predicted molar refractivity (Wildman–Crippen MR) is 111 cm³/mol. The number of fused-ring (bicyclic) bond motifs is 2. The third-order valence-corrected chi connectivity index (χ3v) is 5.69. The first-order chi connectivity index (χ1) is 15.6. The lowest BCUT2D eigenvalue weighted by Crippen LogP contribution is -2.44. The molecule has 2 aromatic rings. The highest BCUT2D eigenvalue weighted by molar-refractivity contribution is 5.92. The molecule has 1 N–H and O–H groups in total. The van der Waals surface area contributed by atoms with Crippen LogP contribution in [0.1, 0.15) is 47.3 Å². The van der Waals surface area contributed by atoms with Gasteiger partial charge >= 0.3 is 6.18 Å². The van der Waals surface area contributed by atoms with E-state index in [1.807, 2.05) is 13.8 Å². The molecular formula is C22H26F4N4O3. The number of hydrogen-bond donors (Lipinski definition) is 1. The SMILES string of the molecule is CC(C)OCCN1CCn2nc(C(=O)N[C@H]3COc4ccc(C(F)(F)F)cc4C3F)cc2C1. The number of benzene rings is 1. The van der Waals surface area contributed by atoms with E-state index in [9.17, 15) is 18.0 Å². The zero-order valence-corrected chi connectivity index (χ0v) is 18.4. The molecule has 11 heteroatoms. The average Bonchev–Trinajstić information content (AvgIpc) is 3.18. The van der Waals surface area contributed by atoms with Crippen LogP contribution in [0.3, 0.4) is 0 Å². The van der Waals surface area contributed by atoms with Gasteiger partial charge in [0, 0.05) is 25.2 Å². The van der Waals surface area contributed by atoms with Gasteiger partial charge in [-0.2, -0.15) is 18.3 Å². The molecule has 0 spiro atoms. The molecule has 0 bridgehead atoms. The van der Waals surface area contributed by atoms with Crippen LogP contribution in [-0.4, -0.2) is 59.0 Å². The summed E-state index contributed by atoms with van der Waals surface area (Å²) in [4.78, 5) is 14.9. The molecule has 33 heavy (non-hydrogen) atoms. The van der Waals surface area contributed by atoms with Crippen LogP contribution in [-0.2, 0) is 24.0 Å². The van der Waals surface area contributed by atoms with Gasteiger partial charge in [-0.1, -0.05) is 0 Å². The fraction of sp³-hybridized carbons (Fsp3) is 0.545. The highest BCUT2D eigenvalue weighted by Gasteiger charge is 2.37. The molecule has 2 aliphatic heterocycles. The first-order valence-corrected chi connectivity index (χ1v) is 10.8. The van der Waals surface area contributed by atoms with E-state index in [1.165, 1.54) is 0 Å². The number of amides is 1. The fourth-order valence-corrected chi connectivity index (χ4v) is 3.95. The Morgan fingerprint density at radius 1 is 1.30 bits per heavy atom. The van der Waals surface area contributed by atoms with Crippen molar-refractivity contribution in [3.8, 4) is 5.75 Å². The third-order valence-electron chi connectivity index (χ3n) is 5.69. The second-order valence-corrected chi connectivity index (χ2v) is 8.48. The van der Waals surface area contributed by atoms with Gasteiger partial charge in [-0.3, -0.25) is 14.4 Å². The average molecular weight is 470 g/mol. The summed E-state index contributed by atoms with van der Waals surface area (Å²) >= 11 is 0. The van der Waals surface area contributed by atoms with Crippen LogP contribution >= 0.6 is 0 Å². The van der Waals surface area contributed by atoms with Crippen molar-refractivity contribution in [2.45, 2.75) is 51.4 Å². The second-order valence-electron chi connectivity index (χ2n) is 8.48. The molecule has 3 heterocycles. The Bertz CT molecular complexity index is 1010. The number of carbonyl (C=O) groups excluding carboxylic acids is 1. The highest BCUT2D eigenvalue weighted by atomic mass is 19.4. The molecule has 0 saturated carbocycles. The van der Waals surface area contributed by atoms with E-state index in [2.05, 4.69) is 15.3 Å². The number of carbonyl (C=O) groups is 1. The Morgan fingerprint density at radius 2 is 2.09 bits per heavy atom. The minimum Gasteiger partial charge on any atom is -0.491 e. The van der Waals surface area contributed by atoms with Crippen molar-refractivity contribution in [1.29, 1.82) is 0 Å². The van der Waals surface area contributed by atoms with Gasteiger partial charge in [0.25, 0.3) is 5.91 Å². The van der Waals surface area contributed by atoms with Crippen molar-refractivity contribution >= 4 is 5.91 Å². The number of aromatic nitrogens is 2. The van der Waals surface area contributed by atoms with Crippen LogP contribution in [0.15, 0.2) is 24.3 Å². The van der Waals surface area contributed by atoms with Gasteiger partial charge in [-0.25, -0.2) is 4.39 Å². The smallest absolute Gasteiger partial charge is 0.416 e. The number of halogens is 4. The summed E-state index contributed by atoms with van der Waals surface area (Å²) in [5, 5.41) is 6.83. The molecule has 0 aliphatic carbocycles. The van der Waals surface area contributed by atoms with Crippen LogP contribution in [0.5, 0.6) is 5.75 Å². The van der Waals surface area contributed by atoms with E-state index < -0.39 is 29.9 Å². The molecule has 180 valence electrons. The van der Waals surface area contributed by atoms with E-state index in [-0.39, 0.29) is 29.7 Å². The van der Waals surface area contributed by atoms with Crippen molar-refractivity contribution in [2.24, 2.45) is 0 Å². The van der Waals surface area contributed by atoms with E-state index in [0.717, 1.165) is 37.0 Å². The van der Waals surface area contributed by atoms with E-state index >= 15 is 4.39 Å². The zero-order chi connectivity index (χ0) is 23.8. The Morgan fingerprint density at radius 3 is 2.82 bits per heavy atom. The first-order valence-electron chi connectivity index (χ1n) is 10.8. The molecule has 1 amide bonds. The van der Waals surface area contributed by atoms with Crippen LogP contribution in [0.4, 0.5) is 17.6 Å². The highest BCUT2D eigenvalue weighted by Crippen LogP contribution is 2.39. The summed E-state index contributed by atoms with van der Waals surface area (Å²) in [7, 11) is 0. The topological polar surface area (TPSA) is 68.6 Å². The second kappa shape index (κ2) is 9.30. The minimum atomic E-state index is -4.60. The van der Waals surface area contributed by atoms with Crippen molar-refractivity contribution in [3.63, 3.8) is 0 Å². The summed E-state index contributed by atoms with van der Waals surface area (Å²) in [5.74, 6) is -0.557. The lowest BCUT2D eigenvalue weighted by molar-refractivity contribution is -0.137. The molecule has 0 saturated heterocycles. The molecule has 0 fully saturated rings. The Kier molecular flexibility index (Phi) is 6.62. The maximum absolute atomic E-state index is 15.0. The number of rotatable bonds is 6. The Balaban J connectivity index is 1.40. The van der Waals surface area contributed by atoms with Crippen LogP contribution in [0.2, 0.25) is 0 Å². The van der Waals surface area contributed by atoms with Crippen molar-refractivity contribution < 1.29 is 31.8 Å². The number of ether oxygens (including phenoxy) is 2. The zero-order valence-electron chi connectivity index (χ0n) is 18.4. The molecule has 4 rings (SSSR count). The van der Waals surface area contributed by atoms with E-state index in [1.54, 1.807) is 10.7 Å². The quantitative estimate of drug-likeness (QED) is 0.656. The summed E-state index contributed by atoms with van der Waals surface area (Å²) in [6, 6.07) is 3.20. The summed E-state index contributed by atoms with van der Waals surface area (Å²) in [6.07, 6.45) is -6.28. The number of nitrogens with one attached hydrogen (secondary N) is 1. The lowest BCUT2D eigenvalue weighted by atomic mass is 9.98. The number of alkyl halides is 4. The van der Waals surface area contributed by atoms with Gasteiger partial charge in [0.1, 0.15) is 12.4 Å². The third kappa shape index (κ3) is 5.30. The summed E-state index contributed by atoms with van der Waals surface area (Å²) in [5.41, 5.74) is -0.213. The van der Waals surface area contributed by atoms with Crippen LogP contribution < -0.4 is 10.1 Å². The monoisotopic (exact) mass is 470 g/mol. The van der Waals surface area contributed by atoms with Gasteiger partial charge in [-0.05, 0) is 38.1 Å². The first kappa shape index (κ1) is 23.5. The van der Waals surface area contributed by atoms with Crippen molar-refractivity contribution in [3.05, 3.63) is 46.8 Å². The predicted octanol–water partition coefficient (Wildman–Crippen LogP) is 3.34. The number of nitrogens with zero attached hydrogens (tertiary/aromatic N) is 3. The minimum absolute atomic E-state index is 0.0417. The maximum Gasteiger partial charge on any atom is 0.416 e. The normalized spacial score (nSPS) is 20.8. The van der Waals surface area contributed by atoms with Crippen LogP contribution in [0, 0.1) is 0 Å². The summed E-state index contributed by atoms with van der Waals surface area (Å²) in [6.45, 7) is 7.10. The Hall–Kier alpha value is -2.66. The molecule has 2 aliphatic rings. The number of hydrogen-bond acceptors (Lipinski definition) is 5. The van der Waals surface area contributed by atoms with Crippen molar-refractivity contribution in [2.75, 3.05) is 26.3 Å². The van der Waals surface area contributed by atoms with Crippen LogP contribution in [0.25, 0.3) is 0 Å². The maximum atomic E-state index is 15.0. The lowest BCUT2D eigenvalue weighted by Gasteiger charge is -2.29. The summed E-state index contributed by atoms with van der Waals surface area (Å²) < 4.78 is 66.8. The van der Waals surface area contributed by atoms with Crippen molar-refractivity contribution in [1.82, 2.24) is 20.0 Å². The van der Waals surface area contributed by atoms with Gasteiger partial charge in [-0.15, -0.1) is 0 Å². The Labute approximate surface area is 188 Å². The molecular weight excluding hydrogens is 444 g/mol. The molecule has 0 radical (unpaired) electrons. The van der Waals surface area contributed by atoms with E-state index in [0.29, 0.717) is 19.7 Å². The van der Waals surface area contributed by atoms with Gasteiger partial charge in [0.15, 0.2) is 11.9 Å². The molecule has 1 unspecified atom stereocenters. The van der Waals surface area contributed by atoms with Gasteiger partial charge in [0.2, 0.25) is 0 Å². The standard InChI is InChI=1S/C22H26F4N4O3/c1-13(2)32-8-7-29-5-6-30-15(11-29)10-17(28-30)21(31)27-18-12-33-19-4-3-14(22(24,25)26)9-16(19)20(18)23/h3-4,9-10,13,18,20H,5-8,11-12H2,1-2H3,(H,27,31)/t18-,20?/m0/s1. The largest absolute Gasteiger partial charge is 0.491 e. The molecule has 1 aromatic carbocycles. The van der Waals surface area contributed by atoms with Gasteiger partial charge in [0.05, 0.1) is 36.6 Å².